The van der Waals surface area contributed by atoms with Crippen LogP contribution in [0.5, 0.6) is 0 Å². The number of fused-ring (bicyclic) bond motifs is 1. The third kappa shape index (κ3) is 3.30. The molecule has 8 heteroatoms. The maximum atomic E-state index is 13.0. The summed E-state index contributed by atoms with van der Waals surface area (Å²) in [5.41, 5.74) is 0.758. The number of aryl methyl sites for hydroxylation is 1. The van der Waals surface area contributed by atoms with E-state index in [9.17, 15) is 9.59 Å². The van der Waals surface area contributed by atoms with Crippen LogP contribution in [-0.4, -0.2) is 44.3 Å². The van der Waals surface area contributed by atoms with Gasteiger partial charge in [0.15, 0.2) is 11.5 Å². The number of anilines is 1. The first-order valence-corrected chi connectivity index (χ1v) is 9.04. The number of amides is 2. The molecule has 1 saturated heterocycles. The van der Waals surface area contributed by atoms with Crippen molar-refractivity contribution in [3.05, 3.63) is 47.7 Å². The fraction of sp³-hybridized carbons (Fsp3) is 0.368. The van der Waals surface area contributed by atoms with Crippen molar-refractivity contribution < 1.29 is 14.1 Å². The van der Waals surface area contributed by atoms with Crippen LogP contribution < -0.4 is 5.32 Å². The van der Waals surface area contributed by atoms with Crippen LogP contribution in [0.1, 0.15) is 46.6 Å². The number of nitrogens with one attached hydrogen (secondary N) is 1. The first-order valence-electron chi connectivity index (χ1n) is 9.04. The molecule has 1 atom stereocenters. The number of carbonyl (C=O) groups excluding carboxylic acids is 2. The molecule has 3 aromatic rings. The molecule has 1 unspecified atom stereocenters. The lowest BCUT2D eigenvalue weighted by molar-refractivity contribution is 0.0670. The minimum atomic E-state index is -0.432. The Hall–Kier alpha value is -3.16. The summed E-state index contributed by atoms with van der Waals surface area (Å²) in [5.74, 6) is 1.04. The van der Waals surface area contributed by atoms with Gasteiger partial charge in [-0.05, 0) is 37.8 Å². The summed E-state index contributed by atoms with van der Waals surface area (Å²) < 4.78 is 6.64. The maximum Gasteiger partial charge on any atom is 0.290 e. The van der Waals surface area contributed by atoms with Crippen LogP contribution >= 0.6 is 0 Å². The van der Waals surface area contributed by atoms with Gasteiger partial charge in [-0.25, -0.2) is 4.98 Å². The van der Waals surface area contributed by atoms with E-state index >= 15 is 0 Å². The molecular weight excluding hydrogens is 346 g/mol. The second-order valence-electron chi connectivity index (χ2n) is 7.02. The van der Waals surface area contributed by atoms with Crippen LogP contribution in [0.15, 0.2) is 35.0 Å². The normalized spacial score (nSPS) is 17.3. The number of imidazole rings is 1. The minimum Gasteiger partial charge on any atom is -0.360 e. The van der Waals surface area contributed by atoms with Crippen molar-refractivity contribution in [1.29, 1.82) is 0 Å². The monoisotopic (exact) mass is 367 g/mol. The Morgan fingerprint density at radius 3 is 2.93 bits per heavy atom. The number of nitrogens with zero attached hydrogens (tertiary/aromatic N) is 4. The predicted molar refractivity (Wildman–Crippen MR) is 98.7 cm³/mol. The van der Waals surface area contributed by atoms with Crippen molar-refractivity contribution in [2.45, 2.75) is 26.7 Å². The van der Waals surface area contributed by atoms with Crippen molar-refractivity contribution in [2.75, 3.05) is 18.4 Å². The van der Waals surface area contributed by atoms with Crippen LogP contribution in [-0.2, 0) is 0 Å². The lowest BCUT2D eigenvalue weighted by Gasteiger charge is -2.30. The van der Waals surface area contributed by atoms with Crippen LogP contribution in [0.4, 0.5) is 5.82 Å². The first-order chi connectivity index (χ1) is 13.0. The van der Waals surface area contributed by atoms with Gasteiger partial charge >= 0.3 is 0 Å². The Balaban J connectivity index is 1.68. The second kappa shape index (κ2) is 6.86. The molecule has 3 aromatic heterocycles. The fourth-order valence-electron chi connectivity index (χ4n) is 3.47. The zero-order chi connectivity index (χ0) is 19.0. The van der Waals surface area contributed by atoms with Crippen LogP contribution in [0.25, 0.3) is 5.52 Å². The molecule has 0 bridgehead atoms. The lowest BCUT2D eigenvalue weighted by atomic mass is 10.0. The topological polar surface area (TPSA) is 92.7 Å². The summed E-state index contributed by atoms with van der Waals surface area (Å²) in [6.07, 6.45) is 3.85. The van der Waals surface area contributed by atoms with E-state index in [1.165, 1.54) is 0 Å². The number of carbonyl (C=O) groups is 2. The van der Waals surface area contributed by atoms with Gasteiger partial charge < -0.3 is 14.7 Å². The quantitative estimate of drug-likeness (QED) is 0.768. The summed E-state index contributed by atoms with van der Waals surface area (Å²) >= 11 is 0. The second-order valence-corrected chi connectivity index (χ2v) is 7.02. The third-order valence-corrected chi connectivity index (χ3v) is 4.77. The fourth-order valence-corrected chi connectivity index (χ4v) is 3.47. The molecule has 2 amide bonds. The maximum absolute atomic E-state index is 13.0. The minimum absolute atomic E-state index is 0.154. The molecule has 0 radical (unpaired) electrons. The molecule has 140 valence electrons. The van der Waals surface area contributed by atoms with Crippen molar-refractivity contribution in [3.8, 4) is 0 Å². The Morgan fingerprint density at radius 2 is 2.19 bits per heavy atom. The highest BCUT2D eigenvalue weighted by Crippen LogP contribution is 2.20. The van der Waals surface area contributed by atoms with E-state index in [2.05, 4.69) is 22.4 Å². The van der Waals surface area contributed by atoms with E-state index in [4.69, 9.17) is 4.52 Å². The number of aromatic nitrogens is 3. The van der Waals surface area contributed by atoms with Crippen LogP contribution in [0.2, 0.25) is 0 Å². The van der Waals surface area contributed by atoms with Crippen molar-refractivity contribution in [2.24, 2.45) is 5.92 Å². The van der Waals surface area contributed by atoms with Gasteiger partial charge in [-0.1, -0.05) is 18.1 Å². The van der Waals surface area contributed by atoms with Gasteiger partial charge in [0.1, 0.15) is 5.76 Å². The Labute approximate surface area is 156 Å². The number of pyridine rings is 1. The van der Waals surface area contributed by atoms with Crippen molar-refractivity contribution >= 4 is 23.1 Å². The van der Waals surface area contributed by atoms with E-state index in [0.717, 1.165) is 12.8 Å². The van der Waals surface area contributed by atoms with Gasteiger partial charge in [0, 0.05) is 25.4 Å². The molecule has 0 spiro atoms. The summed E-state index contributed by atoms with van der Waals surface area (Å²) in [5, 5.41) is 6.43. The molecule has 4 heterocycles. The van der Waals surface area contributed by atoms with Crippen LogP contribution in [0.3, 0.4) is 0 Å². The lowest BCUT2D eigenvalue weighted by Crippen LogP contribution is -2.39. The number of piperidine rings is 1. The molecule has 1 aliphatic heterocycles. The van der Waals surface area contributed by atoms with Gasteiger partial charge in [-0.15, -0.1) is 0 Å². The summed E-state index contributed by atoms with van der Waals surface area (Å²) in [6, 6.07) is 7.02. The molecule has 1 fully saturated rings. The third-order valence-electron chi connectivity index (χ3n) is 4.77. The highest BCUT2D eigenvalue weighted by Gasteiger charge is 2.28. The first kappa shape index (κ1) is 17.3. The number of likely N-dealkylation sites (tertiary alicyclic amines) is 1. The van der Waals surface area contributed by atoms with E-state index in [-0.39, 0.29) is 17.4 Å². The van der Waals surface area contributed by atoms with Gasteiger partial charge in [0.25, 0.3) is 11.8 Å². The van der Waals surface area contributed by atoms with Gasteiger partial charge in [-0.2, -0.15) is 0 Å². The SMILES string of the molecule is Cc1cc(NC(=O)c2nc(C(=O)N3CCCC(C)C3)n3ccccc23)no1. The zero-order valence-electron chi connectivity index (χ0n) is 15.3. The average Bonchev–Trinajstić information content (AvgIpc) is 3.24. The Morgan fingerprint density at radius 1 is 1.33 bits per heavy atom. The molecule has 1 aliphatic rings. The van der Waals surface area contributed by atoms with Crippen molar-refractivity contribution in [1.82, 2.24) is 19.4 Å². The largest absolute Gasteiger partial charge is 0.360 e. The highest BCUT2D eigenvalue weighted by atomic mass is 16.5. The highest BCUT2D eigenvalue weighted by molar-refractivity contribution is 6.08. The molecule has 8 nitrogen and oxygen atoms in total. The molecule has 0 aliphatic carbocycles. The molecule has 27 heavy (non-hydrogen) atoms. The summed E-state index contributed by atoms with van der Waals surface area (Å²) in [6.45, 7) is 5.30. The average molecular weight is 367 g/mol. The zero-order valence-corrected chi connectivity index (χ0v) is 15.3. The van der Waals surface area contributed by atoms with E-state index in [1.807, 2.05) is 17.0 Å². The number of rotatable bonds is 3. The number of hydrogen-bond donors (Lipinski definition) is 1. The van der Waals surface area contributed by atoms with Gasteiger partial charge in [0.2, 0.25) is 5.82 Å². The van der Waals surface area contributed by atoms with E-state index < -0.39 is 5.91 Å². The Kier molecular flexibility index (Phi) is 4.39. The van der Waals surface area contributed by atoms with E-state index in [0.29, 0.717) is 36.1 Å². The van der Waals surface area contributed by atoms with Crippen LogP contribution in [0, 0.1) is 12.8 Å². The Bertz CT molecular complexity index is 1010. The molecule has 1 N–H and O–H groups in total. The summed E-state index contributed by atoms with van der Waals surface area (Å²) in [4.78, 5) is 32.0. The standard InChI is InChI=1S/C19H21N5O3/c1-12-6-5-8-23(11-12)19(26)17-21-16(14-7-3-4-9-24(14)17)18(25)20-15-10-13(2)27-22-15/h3-4,7,9-10,12H,5-6,8,11H2,1-2H3,(H,20,22,25). The molecule has 0 aromatic carbocycles. The van der Waals surface area contributed by atoms with Crippen molar-refractivity contribution in [3.63, 3.8) is 0 Å². The summed E-state index contributed by atoms with van der Waals surface area (Å²) in [7, 11) is 0. The predicted octanol–water partition coefficient (Wildman–Crippen LogP) is 2.76. The molecule has 4 rings (SSSR count). The van der Waals surface area contributed by atoms with Gasteiger partial charge in [0.05, 0.1) is 5.52 Å². The molecule has 0 saturated carbocycles. The molecular formula is C19H21N5O3. The smallest absolute Gasteiger partial charge is 0.290 e. The van der Waals surface area contributed by atoms with E-state index in [1.54, 1.807) is 29.7 Å². The number of hydrogen-bond acceptors (Lipinski definition) is 5. The van der Waals surface area contributed by atoms with Gasteiger partial charge in [-0.3, -0.25) is 14.0 Å².